The number of aromatic amines is 1. The SMILES string of the molecule is CCn1nc(C)cc1C(=O)N1CCC(n2c(=O)[nH]c3ccccc32)CC1. The number of H-pyrrole nitrogens is 1. The third kappa shape index (κ3) is 2.73. The Bertz CT molecular complexity index is 1000. The maximum atomic E-state index is 12.9. The lowest BCUT2D eigenvalue weighted by atomic mass is 10.0. The van der Waals surface area contributed by atoms with Crippen LogP contribution in [0.4, 0.5) is 0 Å². The zero-order valence-electron chi connectivity index (χ0n) is 15.1. The molecule has 0 aliphatic carbocycles. The Morgan fingerprint density at radius 1 is 1.27 bits per heavy atom. The molecule has 3 heterocycles. The van der Waals surface area contributed by atoms with Gasteiger partial charge in [0.1, 0.15) is 5.69 Å². The van der Waals surface area contributed by atoms with Crippen LogP contribution in [0.5, 0.6) is 0 Å². The largest absolute Gasteiger partial charge is 0.337 e. The zero-order chi connectivity index (χ0) is 18.3. The van der Waals surface area contributed by atoms with Gasteiger partial charge in [-0.1, -0.05) is 12.1 Å². The van der Waals surface area contributed by atoms with E-state index in [9.17, 15) is 9.59 Å². The fraction of sp³-hybridized carbons (Fsp3) is 0.421. The van der Waals surface area contributed by atoms with Gasteiger partial charge in [0.05, 0.1) is 16.7 Å². The fourth-order valence-electron chi connectivity index (χ4n) is 3.88. The molecule has 1 N–H and O–H groups in total. The highest BCUT2D eigenvalue weighted by Crippen LogP contribution is 2.25. The van der Waals surface area contributed by atoms with E-state index in [1.54, 1.807) is 4.68 Å². The number of amides is 1. The van der Waals surface area contributed by atoms with E-state index in [0.29, 0.717) is 25.3 Å². The predicted molar refractivity (Wildman–Crippen MR) is 99.4 cm³/mol. The average Bonchev–Trinajstić information content (AvgIpc) is 3.20. The number of rotatable bonds is 3. The number of nitrogens with one attached hydrogen (secondary N) is 1. The Hall–Kier alpha value is -2.83. The number of imidazole rings is 1. The topological polar surface area (TPSA) is 75.9 Å². The summed E-state index contributed by atoms with van der Waals surface area (Å²) in [6, 6.07) is 9.71. The summed E-state index contributed by atoms with van der Waals surface area (Å²) in [4.78, 5) is 30.0. The van der Waals surface area contributed by atoms with Crippen LogP contribution in [0.2, 0.25) is 0 Å². The fourth-order valence-corrected chi connectivity index (χ4v) is 3.88. The van der Waals surface area contributed by atoms with Gasteiger partial charge in [-0.15, -0.1) is 0 Å². The minimum Gasteiger partial charge on any atom is -0.337 e. The number of likely N-dealkylation sites (tertiary alicyclic amines) is 1. The summed E-state index contributed by atoms with van der Waals surface area (Å²) in [7, 11) is 0. The number of carbonyl (C=O) groups excluding carboxylic acids is 1. The van der Waals surface area contributed by atoms with E-state index in [1.807, 2.05) is 53.6 Å². The number of benzene rings is 1. The first kappa shape index (κ1) is 16.6. The average molecular weight is 353 g/mol. The molecule has 0 radical (unpaired) electrons. The van der Waals surface area contributed by atoms with Crippen molar-refractivity contribution in [2.24, 2.45) is 0 Å². The van der Waals surface area contributed by atoms with E-state index in [4.69, 9.17) is 0 Å². The van der Waals surface area contributed by atoms with Gasteiger partial charge in [0.15, 0.2) is 0 Å². The van der Waals surface area contributed by atoms with Gasteiger partial charge in [-0.3, -0.25) is 14.0 Å². The molecule has 1 aliphatic rings. The highest BCUT2D eigenvalue weighted by Gasteiger charge is 2.28. The molecule has 1 fully saturated rings. The van der Waals surface area contributed by atoms with Gasteiger partial charge in [0, 0.05) is 25.7 Å². The summed E-state index contributed by atoms with van der Waals surface area (Å²) in [6.07, 6.45) is 1.54. The number of fused-ring (bicyclic) bond motifs is 1. The monoisotopic (exact) mass is 353 g/mol. The molecule has 0 bridgehead atoms. The van der Waals surface area contributed by atoms with Crippen molar-refractivity contribution in [1.29, 1.82) is 0 Å². The number of piperidine rings is 1. The predicted octanol–water partition coefficient (Wildman–Crippen LogP) is 2.33. The van der Waals surface area contributed by atoms with Gasteiger partial charge in [-0.25, -0.2) is 4.79 Å². The molecule has 0 spiro atoms. The first-order chi connectivity index (χ1) is 12.6. The van der Waals surface area contributed by atoms with E-state index in [0.717, 1.165) is 29.6 Å². The first-order valence-corrected chi connectivity index (χ1v) is 9.11. The minimum atomic E-state index is -0.0735. The lowest BCUT2D eigenvalue weighted by Gasteiger charge is -2.32. The smallest absolute Gasteiger partial charge is 0.326 e. The van der Waals surface area contributed by atoms with Crippen molar-refractivity contribution >= 4 is 16.9 Å². The molecule has 3 aromatic rings. The van der Waals surface area contributed by atoms with Gasteiger partial charge >= 0.3 is 5.69 Å². The molecular formula is C19H23N5O2. The van der Waals surface area contributed by atoms with Crippen LogP contribution in [-0.2, 0) is 6.54 Å². The lowest BCUT2D eigenvalue weighted by molar-refractivity contribution is 0.0682. The standard InChI is InChI=1S/C19H23N5O2/c1-3-23-17(12-13(2)21-23)18(25)22-10-8-14(9-11-22)24-16-7-5-4-6-15(16)20-19(24)26/h4-7,12,14H,3,8-11H2,1-2H3,(H,20,26). The second kappa shape index (κ2) is 6.48. The molecule has 1 saturated heterocycles. The van der Waals surface area contributed by atoms with E-state index >= 15 is 0 Å². The van der Waals surface area contributed by atoms with Crippen LogP contribution < -0.4 is 5.69 Å². The third-order valence-corrected chi connectivity index (χ3v) is 5.16. The van der Waals surface area contributed by atoms with Crippen molar-refractivity contribution in [3.05, 3.63) is 52.2 Å². The number of aryl methyl sites for hydroxylation is 2. The molecule has 4 rings (SSSR count). The maximum absolute atomic E-state index is 12.9. The maximum Gasteiger partial charge on any atom is 0.326 e. The highest BCUT2D eigenvalue weighted by molar-refractivity contribution is 5.92. The molecule has 7 heteroatoms. The van der Waals surface area contributed by atoms with Crippen molar-refractivity contribution in [3.8, 4) is 0 Å². The van der Waals surface area contributed by atoms with Gasteiger partial charge in [0.2, 0.25) is 0 Å². The first-order valence-electron chi connectivity index (χ1n) is 9.11. The Balaban J connectivity index is 1.53. The molecule has 26 heavy (non-hydrogen) atoms. The summed E-state index contributed by atoms with van der Waals surface area (Å²) >= 11 is 0. The second-order valence-corrected chi connectivity index (χ2v) is 6.83. The van der Waals surface area contributed by atoms with Gasteiger partial charge in [-0.05, 0) is 44.9 Å². The Morgan fingerprint density at radius 3 is 2.73 bits per heavy atom. The Morgan fingerprint density at radius 2 is 2.00 bits per heavy atom. The van der Waals surface area contributed by atoms with Crippen molar-refractivity contribution in [2.45, 2.75) is 39.3 Å². The van der Waals surface area contributed by atoms with E-state index in [-0.39, 0.29) is 17.6 Å². The van der Waals surface area contributed by atoms with Gasteiger partial charge in [-0.2, -0.15) is 5.10 Å². The number of hydrogen-bond acceptors (Lipinski definition) is 3. The Labute approximate surface area is 151 Å². The van der Waals surface area contributed by atoms with Crippen LogP contribution in [0.25, 0.3) is 11.0 Å². The third-order valence-electron chi connectivity index (χ3n) is 5.16. The molecule has 1 aliphatic heterocycles. The summed E-state index contributed by atoms with van der Waals surface area (Å²) in [5.41, 5.74) is 3.22. The van der Waals surface area contributed by atoms with Gasteiger partial charge in [0.25, 0.3) is 5.91 Å². The summed E-state index contributed by atoms with van der Waals surface area (Å²) < 4.78 is 3.60. The molecule has 0 saturated carbocycles. The zero-order valence-corrected chi connectivity index (χ0v) is 15.1. The van der Waals surface area contributed by atoms with Crippen molar-refractivity contribution in [1.82, 2.24) is 24.2 Å². The molecule has 136 valence electrons. The van der Waals surface area contributed by atoms with Crippen molar-refractivity contribution in [2.75, 3.05) is 13.1 Å². The molecule has 1 aromatic carbocycles. The molecular weight excluding hydrogens is 330 g/mol. The quantitative estimate of drug-likeness (QED) is 0.785. The van der Waals surface area contributed by atoms with Crippen LogP contribution in [-0.4, -0.2) is 43.2 Å². The van der Waals surface area contributed by atoms with Crippen LogP contribution in [0, 0.1) is 6.92 Å². The minimum absolute atomic E-state index is 0.0252. The molecule has 7 nitrogen and oxygen atoms in total. The van der Waals surface area contributed by atoms with E-state index < -0.39 is 0 Å². The number of nitrogens with zero attached hydrogens (tertiary/aromatic N) is 4. The summed E-state index contributed by atoms with van der Waals surface area (Å²) in [5, 5.41) is 4.37. The number of carbonyl (C=O) groups is 1. The number of aromatic nitrogens is 4. The number of para-hydroxylation sites is 2. The van der Waals surface area contributed by atoms with Crippen molar-refractivity contribution in [3.63, 3.8) is 0 Å². The van der Waals surface area contributed by atoms with Gasteiger partial charge < -0.3 is 9.88 Å². The van der Waals surface area contributed by atoms with E-state index in [1.165, 1.54) is 0 Å². The van der Waals surface area contributed by atoms with Crippen LogP contribution >= 0.6 is 0 Å². The normalized spacial score (nSPS) is 15.7. The highest BCUT2D eigenvalue weighted by atomic mass is 16.2. The summed E-state index contributed by atoms with van der Waals surface area (Å²) in [5.74, 6) is 0.0252. The molecule has 2 aromatic heterocycles. The van der Waals surface area contributed by atoms with Crippen LogP contribution in [0.1, 0.15) is 42.0 Å². The number of hydrogen-bond donors (Lipinski definition) is 1. The summed E-state index contributed by atoms with van der Waals surface area (Å²) in [6.45, 7) is 5.85. The van der Waals surface area contributed by atoms with Crippen LogP contribution in [0.15, 0.2) is 35.1 Å². The lowest BCUT2D eigenvalue weighted by Crippen LogP contribution is -2.41. The van der Waals surface area contributed by atoms with E-state index in [2.05, 4.69) is 10.1 Å². The van der Waals surface area contributed by atoms with Crippen molar-refractivity contribution < 1.29 is 4.79 Å². The van der Waals surface area contributed by atoms with Crippen LogP contribution in [0.3, 0.4) is 0 Å². The molecule has 1 amide bonds. The molecule has 0 atom stereocenters. The molecule has 0 unspecified atom stereocenters. The Kier molecular flexibility index (Phi) is 4.14. The second-order valence-electron chi connectivity index (χ2n) is 6.83.